The summed E-state index contributed by atoms with van der Waals surface area (Å²) in [6.07, 6.45) is 0. The molecular weight excluding hydrogens is 302 g/mol. The smallest absolute Gasteiger partial charge is 0.322 e. The highest BCUT2D eigenvalue weighted by Gasteiger charge is 2.39. The summed E-state index contributed by atoms with van der Waals surface area (Å²) in [6, 6.07) is 16.9. The van der Waals surface area contributed by atoms with Gasteiger partial charge in [0.25, 0.3) is 5.91 Å². The molecule has 1 saturated heterocycles. The van der Waals surface area contributed by atoms with Gasteiger partial charge in [-0.25, -0.2) is 4.79 Å². The minimum atomic E-state index is -0.145. The van der Waals surface area contributed by atoms with Crippen molar-refractivity contribution >= 4 is 17.6 Å². The number of hydrogen-bond donors (Lipinski definition) is 2. The van der Waals surface area contributed by atoms with E-state index in [0.29, 0.717) is 17.2 Å². The molecule has 5 nitrogen and oxygen atoms in total. The van der Waals surface area contributed by atoms with Crippen molar-refractivity contribution in [1.82, 2.24) is 10.2 Å². The van der Waals surface area contributed by atoms with Crippen molar-refractivity contribution in [3.63, 3.8) is 0 Å². The van der Waals surface area contributed by atoms with Gasteiger partial charge >= 0.3 is 6.03 Å². The molecule has 3 rings (SSSR count). The van der Waals surface area contributed by atoms with Crippen molar-refractivity contribution in [2.24, 2.45) is 5.92 Å². The summed E-state index contributed by atoms with van der Waals surface area (Å²) in [5.41, 5.74) is 2.40. The van der Waals surface area contributed by atoms with E-state index in [1.807, 2.05) is 23.1 Å². The molecule has 0 aliphatic carbocycles. The molecule has 2 aromatic rings. The number of benzene rings is 2. The number of carbonyl (C=O) groups excluding carboxylic acids is 2. The predicted octanol–water partition coefficient (Wildman–Crippen LogP) is 3.27. The van der Waals surface area contributed by atoms with Gasteiger partial charge in [0.1, 0.15) is 0 Å². The Bertz CT molecular complexity index is 728. The monoisotopic (exact) mass is 323 g/mol. The Labute approximate surface area is 141 Å². The van der Waals surface area contributed by atoms with Crippen LogP contribution in [0.5, 0.6) is 0 Å². The maximum atomic E-state index is 12.5. The van der Waals surface area contributed by atoms with Gasteiger partial charge in [0, 0.05) is 24.8 Å². The van der Waals surface area contributed by atoms with E-state index in [0.717, 1.165) is 12.1 Å². The summed E-state index contributed by atoms with van der Waals surface area (Å²) in [4.78, 5) is 25.9. The highest BCUT2D eigenvalue weighted by atomic mass is 16.2. The Morgan fingerprint density at radius 2 is 1.71 bits per heavy atom. The fraction of sp³-hybridized carbons (Fsp3) is 0.263. The van der Waals surface area contributed by atoms with E-state index in [-0.39, 0.29) is 18.0 Å². The maximum absolute atomic E-state index is 12.5. The van der Waals surface area contributed by atoms with Gasteiger partial charge < -0.3 is 15.5 Å². The molecule has 1 heterocycles. The molecule has 0 aromatic heterocycles. The minimum absolute atomic E-state index is 0.108. The van der Waals surface area contributed by atoms with Crippen LogP contribution in [-0.4, -0.2) is 30.4 Å². The molecule has 0 spiro atoms. The van der Waals surface area contributed by atoms with Gasteiger partial charge in [0.05, 0.1) is 6.04 Å². The third-order valence-electron chi connectivity index (χ3n) is 4.39. The SMILES string of the molecule is CNC(=O)c1ccc(NC(=O)N2CC(C)C2c2ccccc2)cc1. The van der Waals surface area contributed by atoms with Gasteiger partial charge in [-0.1, -0.05) is 37.3 Å². The number of amides is 3. The Morgan fingerprint density at radius 1 is 1.04 bits per heavy atom. The van der Waals surface area contributed by atoms with Crippen LogP contribution >= 0.6 is 0 Å². The molecule has 2 aromatic carbocycles. The molecule has 1 fully saturated rings. The predicted molar refractivity (Wildman–Crippen MR) is 93.9 cm³/mol. The summed E-state index contributed by atoms with van der Waals surface area (Å²) in [6.45, 7) is 2.89. The van der Waals surface area contributed by atoms with Gasteiger partial charge in [-0.05, 0) is 35.7 Å². The van der Waals surface area contributed by atoms with Gasteiger partial charge in [-0.15, -0.1) is 0 Å². The summed E-state index contributed by atoms with van der Waals surface area (Å²) in [7, 11) is 1.59. The number of carbonyl (C=O) groups is 2. The van der Waals surface area contributed by atoms with Gasteiger partial charge in [-0.2, -0.15) is 0 Å². The average Bonchev–Trinajstić information content (AvgIpc) is 2.60. The first kappa shape index (κ1) is 16.1. The lowest BCUT2D eigenvalue weighted by Gasteiger charge is -2.46. The van der Waals surface area contributed by atoms with Crippen LogP contribution in [0.4, 0.5) is 10.5 Å². The van der Waals surface area contributed by atoms with E-state index in [9.17, 15) is 9.59 Å². The lowest BCUT2D eigenvalue weighted by molar-refractivity contribution is 0.0671. The van der Waals surface area contributed by atoms with Crippen molar-refractivity contribution < 1.29 is 9.59 Å². The van der Waals surface area contributed by atoms with Crippen LogP contribution in [-0.2, 0) is 0 Å². The first-order chi connectivity index (χ1) is 11.6. The number of nitrogens with zero attached hydrogens (tertiary/aromatic N) is 1. The number of urea groups is 1. The largest absolute Gasteiger partial charge is 0.355 e. The van der Waals surface area contributed by atoms with Crippen molar-refractivity contribution in [2.75, 3.05) is 18.9 Å². The summed E-state index contributed by atoms with van der Waals surface area (Å²) < 4.78 is 0. The third kappa shape index (κ3) is 3.11. The molecule has 3 amide bonds. The quantitative estimate of drug-likeness (QED) is 0.910. The van der Waals surface area contributed by atoms with Crippen LogP contribution in [0, 0.1) is 5.92 Å². The van der Waals surface area contributed by atoms with Crippen molar-refractivity contribution in [3.05, 3.63) is 65.7 Å². The maximum Gasteiger partial charge on any atom is 0.322 e. The van der Waals surface area contributed by atoms with E-state index in [2.05, 4.69) is 29.7 Å². The van der Waals surface area contributed by atoms with Crippen LogP contribution in [0.25, 0.3) is 0 Å². The highest BCUT2D eigenvalue weighted by molar-refractivity contribution is 5.95. The highest BCUT2D eigenvalue weighted by Crippen LogP contribution is 2.38. The number of likely N-dealkylation sites (tertiary alicyclic amines) is 1. The van der Waals surface area contributed by atoms with Crippen LogP contribution in [0.15, 0.2) is 54.6 Å². The molecular formula is C19H21N3O2. The van der Waals surface area contributed by atoms with Crippen LogP contribution < -0.4 is 10.6 Å². The summed E-state index contributed by atoms with van der Waals surface area (Å²) >= 11 is 0. The fourth-order valence-corrected chi connectivity index (χ4v) is 3.11. The van der Waals surface area contributed by atoms with E-state index < -0.39 is 0 Å². The third-order valence-corrected chi connectivity index (χ3v) is 4.39. The van der Waals surface area contributed by atoms with Gasteiger partial charge in [0.15, 0.2) is 0 Å². The van der Waals surface area contributed by atoms with E-state index in [4.69, 9.17) is 0 Å². The van der Waals surface area contributed by atoms with Gasteiger partial charge in [-0.3, -0.25) is 4.79 Å². The van der Waals surface area contributed by atoms with E-state index in [1.165, 1.54) is 0 Å². The number of anilines is 1. The zero-order valence-corrected chi connectivity index (χ0v) is 13.8. The van der Waals surface area contributed by atoms with Crippen LogP contribution in [0.3, 0.4) is 0 Å². The average molecular weight is 323 g/mol. The molecule has 5 heteroatoms. The second-order valence-electron chi connectivity index (χ2n) is 6.07. The molecule has 2 unspecified atom stereocenters. The van der Waals surface area contributed by atoms with Gasteiger partial charge in [0.2, 0.25) is 0 Å². The van der Waals surface area contributed by atoms with Crippen molar-refractivity contribution in [1.29, 1.82) is 0 Å². The standard InChI is InChI=1S/C19H21N3O2/c1-13-12-22(17(13)14-6-4-3-5-7-14)19(24)21-16-10-8-15(9-11-16)18(23)20-2/h3-11,13,17H,12H2,1-2H3,(H,20,23)(H,21,24). The zero-order chi connectivity index (χ0) is 17.1. The lowest BCUT2D eigenvalue weighted by atomic mass is 9.85. The molecule has 1 aliphatic heterocycles. The minimum Gasteiger partial charge on any atom is -0.355 e. The fourth-order valence-electron chi connectivity index (χ4n) is 3.11. The van der Waals surface area contributed by atoms with Crippen molar-refractivity contribution in [2.45, 2.75) is 13.0 Å². The number of rotatable bonds is 3. The Balaban J connectivity index is 1.68. The number of hydrogen-bond acceptors (Lipinski definition) is 2. The molecule has 2 atom stereocenters. The first-order valence-corrected chi connectivity index (χ1v) is 8.05. The molecule has 2 N–H and O–H groups in total. The van der Waals surface area contributed by atoms with Crippen LogP contribution in [0.1, 0.15) is 28.9 Å². The lowest BCUT2D eigenvalue weighted by Crippen LogP contribution is -2.53. The summed E-state index contributed by atoms with van der Waals surface area (Å²) in [5.74, 6) is 0.294. The zero-order valence-electron chi connectivity index (χ0n) is 13.8. The normalized spacial score (nSPS) is 19.3. The van der Waals surface area contributed by atoms with E-state index >= 15 is 0 Å². The molecule has 0 saturated carbocycles. The second kappa shape index (κ2) is 6.74. The molecule has 124 valence electrons. The Kier molecular flexibility index (Phi) is 4.51. The molecule has 0 radical (unpaired) electrons. The molecule has 1 aliphatic rings. The molecule has 0 bridgehead atoms. The second-order valence-corrected chi connectivity index (χ2v) is 6.07. The Morgan fingerprint density at radius 3 is 2.29 bits per heavy atom. The van der Waals surface area contributed by atoms with Crippen molar-refractivity contribution in [3.8, 4) is 0 Å². The molecule has 24 heavy (non-hydrogen) atoms. The Hall–Kier alpha value is -2.82. The summed E-state index contributed by atoms with van der Waals surface area (Å²) in [5, 5.41) is 5.48. The van der Waals surface area contributed by atoms with E-state index in [1.54, 1.807) is 31.3 Å². The van der Waals surface area contributed by atoms with Crippen LogP contribution in [0.2, 0.25) is 0 Å². The number of nitrogens with one attached hydrogen (secondary N) is 2. The first-order valence-electron chi connectivity index (χ1n) is 8.05. The topological polar surface area (TPSA) is 61.4 Å².